The van der Waals surface area contributed by atoms with Crippen LogP contribution in [0, 0.1) is 5.41 Å². The Balaban J connectivity index is 2.85. The third-order valence-electron chi connectivity index (χ3n) is 2.55. The summed E-state index contributed by atoms with van der Waals surface area (Å²) in [5, 5.41) is 9.25. The molecule has 0 bridgehead atoms. The highest BCUT2D eigenvalue weighted by atomic mass is 32.2. The minimum atomic E-state index is -1.32. The highest BCUT2D eigenvalue weighted by Gasteiger charge is 2.49. The molecular formula is C11H18O4S. The maximum Gasteiger partial charge on any atom is 0.324 e. The number of hydrogen-bond acceptors (Lipinski definition) is 4. The van der Waals surface area contributed by atoms with E-state index in [2.05, 4.69) is 0 Å². The Bertz CT molecular complexity index is 287. The number of hydrogen-bond donors (Lipinski definition) is 1. The summed E-state index contributed by atoms with van der Waals surface area (Å²) < 4.78 is 5.21. The Hall–Kier alpha value is -0.710. The molecule has 1 heterocycles. The van der Waals surface area contributed by atoms with Crippen molar-refractivity contribution >= 4 is 23.7 Å². The van der Waals surface area contributed by atoms with Crippen molar-refractivity contribution in [3.05, 3.63) is 0 Å². The Morgan fingerprint density at radius 1 is 1.25 bits per heavy atom. The first-order valence-corrected chi connectivity index (χ1v) is 6.48. The summed E-state index contributed by atoms with van der Waals surface area (Å²) in [5.74, 6) is -0.244. The zero-order valence-corrected chi connectivity index (χ0v) is 10.7. The van der Waals surface area contributed by atoms with Gasteiger partial charge in [0.05, 0.1) is 0 Å². The Morgan fingerprint density at radius 2 is 1.75 bits per heavy atom. The SMILES string of the molecule is CC(C)(C)OC(=O)C1(C(=O)O)CCSCC1. The summed E-state index contributed by atoms with van der Waals surface area (Å²) in [6, 6.07) is 0. The van der Waals surface area contributed by atoms with Crippen LogP contribution >= 0.6 is 11.8 Å². The van der Waals surface area contributed by atoms with Crippen molar-refractivity contribution in [2.45, 2.75) is 39.2 Å². The molecule has 0 amide bonds. The third kappa shape index (κ3) is 2.90. The van der Waals surface area contributed by atoms with Crippen molar-refractivity contribution < 1.29 is 19.4 Å². The summed E-state index contributed by atoms with van der Waals surface area (Å²) in [7, 11) is 0. The van der Waals surface area contributed by atoms with Crippen LogP contribution in [-0.2, 0) is 14.3 Å². The van der Waals surface area contributed by atoms with Crippen molar-refractivity contribution in [1.29, 1.82) is 0 Å². The predicted octanol–water partition coefficient (Wildman–Crippen LogP) is 1.93. The summed E-state index contributed by atoms with van der Waals surface area (Å²) >= 11 is 1.68. The van der Waals surface area contributed by atoms with Gasteiger partial charge in [-0.2, -0.15) is 11.8 Å². The van der Waals surface area contributed by atoms with E-state index in [9.17, 15) is 14.7 Å². The molecule has 5 heteroatoms. The highest BCUT2D eigenvalue weighted by Crippen LogP contribution is 2.37. The number of esters is 1. The lowest BCUT2D eigenvalue weighted by Crippen LogP contribution is -2.45. The van der Waals surface area contributed by atoms with E-state index in [1.54, 1.807) is 32.5 Å². The first kappa shape index (κ1) is 13.4. The Kier molecular flexibility index (Phi) is 3.88. The zero-order valence-electron chi connectivity index (χ0n) is 9.91. The summed E-state index contributed by atoms with van der Waals surface area (Å²) in [4.78, 5) is 23.3. The van der Waals surface area contributed by atoms with Crippen LogP contribution in [0.5, 0.6) is 0 Å². The van der Waals surface area contributed by atoms with E-state index < -0.39 is 23.0 Å². The van der Waals surface area contributed by atoms with Gasteiger partial charge >= 0.3 is 11.9 Å². The van der Waals surface area contributed by atoms with Gasteiger partial charge in [0.15, 0.2) is 5.41 Å². The summed E-state index contributed by atoms with van der Waals surface area (Å²) in [6.45, 7) is 5.24. The van der Waals surface area contributed by atoms with Crippen LogP contribution in [0.1, 0.15) is 33.6 Å². The smallest absolute Gasteiger partial charge is 0.324 e. The van der Waals surface area contributed by atoms with Crippen LogP contribution in [0.2, 0.25) is 0 Å². The molecule has 16 heavy (non-hydrogen) atoms. The van der Waals surface area contributed by atoms with Crippen LogP contribution in [0.3, 0.4) is 0 Å². The highest BCUT2D eigenvalue weighted by molar-refractivity contribution is 7.99. The van der Waals surface area contributed by atoms with Crippen molar-refractivity contribution in [1.82, 2.24) is 0 Å². The van der Waals surface area contributed by atoms with Crippen molar-refractivity contribution in [3.63, 3.8) is 0 Å². The fourth-order valence-corrected chi connectivity index (χ4v) is 2.79. The lowest BCUT2D eigenvalue weighted by atomic mass is 9.82. The molecule has 1 saturated heterocycles. The van der Waals surface area contributed by atoms with Crippen LogP contribution in [-0.4, -0.2) is 34.2 Å². The molecule has 0 aliphatic carbocycles. The van der Waals surface area contributed by atoms with Gasteiger partial charge in [0.1, 0.15) is 5.60 Å². The first-order chi connectivity index (χ1) is 7.28. The molecule has 0 atom stereocenters. The minimum Gasteiger partial charge on any atom is -0.480 e. The minimum absolute atomic E-state index is 0.363. The molecule has 92 valence electrons. The van der Waals surface area contributed by atoms with Crippen molar-refractivity contribution in [3.8, 4) is 0 Å². The third-order valence-corrected chi connectivity index (χ3v) is 3.53. The van der Waals surface area contributed by atoms with E-state index in [4.69, 9.17) is 4.74 Å². The number of carbonyl (C=O) groups is 2. The second kappa shape index (κ2) is 4.65. The lowest BCUT2D eigenvalue weighted by Gasteiger charge is -2.33. The molecule has 0 aromatic rings. The molecule has 0 saturated carbocycles. The molecule has 1 aliphatic heterocycles. The quantitative estimate of drug-likeness (QED) is 0.596. The normalized spacial score (nSPS) is 20.2. The topological polar surface area (TPSA) is 63.6 Å². The second-order valence-electron chi connectivity index (χ2n) is 5.00. The van der Waals surface area contributed by atoms with Gasteiger partial charge in [-0.05, 0) is 45.1 Å². The number of thioether (sulfide) groups is 1. The van der Waals surface area contributed by atoms with Gasteiger partial charge in [-0.25, -0.2) is 0 Å². The van der Waals surface area contributed by atoms with Gasteiger partial charge in [-0.3, -0.25) is 9.59 Å². The van der Waals surface area contributed by atoms with Gasteiger partial charge in [-0.15, -0.1) is 0 Å². The van der Waals surface area contributed by atoms with E-state index >= 15 is 0 Å². The Labute approximate surface area is 99.7 Å². The molecule has 1 fully saturated rings. The van der Waals surface area contributed by atoms with Gasteiger partial charge in [0.25, 0.3) is 0 Å². The first-order valence-electron chi connectivity index (χ1n) is 5.32. The maximum absolute atomic E-state index is 12.0. The van der Waals surface area contributed by atoms with E-state index in [0.717, 1.165) is 0 Å². The number of carboxylic acids is 1. The molecule has 0 aromatic carbocycles. The van der Waals surface area contributed by atoms with E-state index in [-0.39, 0.29) is 0 Å². The number of ether oxygens (including phenoxy) is 1. The van der Waals surface area contributed by atoms with Gasteiger partial charge in [0.2, 0.25) is 0 Å². The van der Waals surface area contributed by atoms with Crippen LogP contribution < -0.4 is 0 Å². The zero-order chi connectivity index (χ0) is 12.4. The lowest BCUT2D eigenvalue weighted by molar-refractivity contribution is -0.177. The van der Waals surface area contributed by atoms with E-state index in [1.807, 2.05) is 0 Å². The average Bonchev–Trinajstić information content (AvgIpc) is 2.16. The number of carboxylic acid groups (broad SMARTS) is 1. The number of aliphatic carboxylic acids is 1. The molecule has 0 unspecified atom stereocenters. The number of rotatable bonds is 2. The van der Waals surface area contributed by atoms with Gasteiger partial charge < -0.3 is 9.84 Å². The second-order valence-corrected chi connectivity index (χ2v) is 6.23. The largest absolute Gasteiger partial charge is 0.480 e. The van der Waals surface area contributed by atoms with Gasteiger partial charge in [0, 0.05) is 0 Å². The Morgan fingerprint density at radius 3 is 2.12 bits per heavy atom. The maximum atomic E-state index is 12.0. The predicted molar refractivity (Wildman–Crippen MR) is 62.5 cm³/mol. The molecular weight excluding hydrogens is 228 g/mol. The molecule has 1 aliphatic rings. The molecule has 4 nitrogen and oxygen atoms in total. The van der Waals surface area contributed by atoms with Crippen LogP contribution in [0.4, 0.5) is 0 Å². The molecule has 1 rings (SSSR count). The summed E-state index contributed by atoms with van der Waals surface area (Å²) in [5.41, 5.74) is -1.96. The molecule has 1 N–H and O–H groups in total. The average molecular weight is 246 g/mol. The fourth-order valence-electron chi connectivity index (χ4n) is 1.60. The molecule has 0 radical (unpaired) electrons. The number of carbonyl (C=O) groups excluding carboxylic acids is 1. The standard InChI is InChI=1S/C11H18O4S/c1-10(2,3)15-9(14)11(8(12)13)4-6-16-7-5-11/h4-7H2,1-3H3,(H,12,13). The van der Waals surface area contributed by atoms with E-state index in [0.29, 0.717) is 24.3 Å². The monoisotopic (exact) mass is 246 g/mol. The van der Waals surface area contributed by atoms with E-state index in [1.165, 1.54) is 0 Å². The van der Waals surface area contributed by atoms with Crippen molar-refractivity contribution in [2.75, 3.05) is 11.5 Å². The van der Waals surface area contributed by atoms with Gasteiger partial charge in [-0.1, -0.05) is 0 Å². The van der Waals surface area contributed by atoms with Crippen LogP contribution in [0.15, 0.2) is 0 Å². The van der Waals surface area contributed by atoms with Crippen LogP contribution in [0.25, 0.3) is 0 Å². The fraction of sp³-hybridized carbons (Fsp3) is 0.818. The molecule has 0 spiro atoms. The van der Waals surface area contributed by atoms with Crippen molar-refractivity contribution in [2.24, 2.45) is 5.41 Å². The summed E-state index contributed by atoms with van der Waals surface area (Å²) in [6.07, 6.45) is 0.726. The molecule has 0 aromatic heterocycles.